The lowest BCUT2D eigenvalue weighted by atomic mass is 9.83. The molecule has 1 aliphatic heterocycles. The Morgan fingerprint density at radius 1 is 1.36 bits per heavy atom. The Bertz CT molecular complexity index is 308. The van der Waals surface area contributed by atoms with Gasteiger partial charge in [0, 0.05) is 30.4 Å². The molecule has 1 aromatic heterocycles. The molecule has 2 heterocycles. The number of rotatable bonds is 2. The Kier molecular flexibility index (Phi) is 2.05. The fourth-order valence-corrected chi connectivity index (χ4v) is 2.52. The van der Waals surface area contributed by atoms with Gasteiger partial charge in [-0.25, -0.2) is 4.98 Å². The predicted octanol–water partition coefficient (Wildman–Crippen LogP) is 1.69. The quantitative estimate of drug-likeness (QED) is 0.771. The van der Waals surface area contributed by atoms with Gasteiger partial charge >= 0.3 is 0 Å². The van der Waals surface area contributed by atoms with Gasteiger partial charge in [-0.3, -0.25) is 0 Å². The van der Waals surface area contributed by atoms with Crippen LogP contribution in [0, 0.1) is 0 Å². The van der Waals surface area contributed by atoms with Crippen molar-refractivity contribution in [1.29, 1.82) is 0 Å². The van der Waals surface area contributed by atoms with Crippen LogP contribution in [0.4, 0.5) is 0 Å². The molecule has 1 aliphatic carbocycles. The molecule has 1 N–H and O–H groups in total. The SMILES string of the molecule is c1ncn(C2CCNC2)c1C1CCC1. The van der Waals surface area contributed by atoms with Gasteiger partial charge in [0.1, 0.15) is 0 Å². The van der Waals surface area contributed by atoms with Crippen LogP contribution in [0.25, 0.3) is 0 Å². The van der Waals surface area contributed by atoms with Crippen molar-refractivity contribution in [2.75, 3.05) is 13.1 Å². The Morgan fingerprint density at radius 3 is 2.93 bits per heavy atom. The highest BCUT2D eigenvalue weighted by Gasteiger charge is 2.26. The van der Waals surface area contributed by atoms with Crippen molar-refractivity contribution in [3.63, 3.8) is 0 Å². The molecule has 2 aliphatic rings. The van der Waals surface area contributed by atoms with E-state index in [1.807, 2.05) is 6.33 Å². The zero-order valence-corrected chi connectivity index (χ0v) is 8.45. The topological polar surface area (TPSA) is 29.9 Å². The first kappa shape index (κ1) is 8.48. The molecule has 1 unspecified atom stereocenters. The van der Waals surface area contributed by atoms with E-state index in [1.165, 1.54) is 31.4 Å². The molecule has 0 aromatic carbocycles. The smallest absolute Gasteiger partial charge is 0.0951 e. The molecule has 3 rings (SSSR count). The van der Waals surface area contributed by atoms with Crippen molar-refractivity contribution in [2.24, 2.45) is 0 Å². The van der Waals surface area contributed by atoms with Gasteiger partial charge in [0.05, 0.1) is 6.33 Å². The number of nitrogens with zero attached hydrogens (tertiary/aromatic N) is 2. The Morgan fingerprint density at radius 2 is 2.29 bits per heavy atom. The number of aromatic nitrogens is 2. The monoisotopic (exact) mass is 191 g/mol. The number of imidazole rings is 1. The van der Waals surface area contributed by atoms with Crippen molar-refractivity contribution in [1.82, 2.24) is 14.9 Å². The summed E-state index contributed by atoms with van der Waals surface area (Å²) in [6.45, 7) is 2.28. The van der Waals surface area contributed by atoms with Gasteiger partial charge in [-0.05, 0) is 25.8 Å². The van der Waals surface area contributed by atoms with Crippen LogP contribution in [0.3, 0.4) is 0 Å². The zero-order valence-electron chi connectivity index (χ0n) is 8.45. The molecule has 1 saturated carbocycles. The van der Waals surface area contributed by atoms with Crippen LogP contribution < -0.4 is 5.32 Å². The van der Waals surface area contributed by atoms with E-state index in [0.717, 1.165) is 19.0 Å². The second kappa shape index (κ2) is 3.39. The molecule has 2 fully saturated rings. The van der Waals surface area contributed by atoms with Crippen molar-refractivity contribution < 1.29 is 0 Å². The number of nitrogens with one attached hydrogen (secondary N) is 1. The average molecular weight is 191 g/mol. The fraction of sp³-hybridized carbons (Fsp3) is 0.727. The molecule has 0 spiro atoms. The van der Waals surface area contributed by atoms with Gasteiger partial charge in [0.25, 0.3) is 0 Å². The van der Waals surface area contributed by atoms with Crippen LogP contribution in [0.2, 0.25) is 0 Å². The highest BCUT2D eigenvalue weighted by atomic mass is 15.1. The summed E-state index contributed by atoms with van der Waals surface area (Å²) < 4.78 is 2.41. The van der Waals surface area contributed by atoms with Crippen LogP contribution in [-0.4, -0.2) is 22.6 Å². The largest absolute Gasteiger partial charge is 0.330 e. The summed E-state index contributed by atoms with van der Waals surface area (Å²) in [5.41, 5.74) is 1.48. The Labute approximate surface area is 84.5 Å². The molecule has 1 aromatic rings. The molecule has 1 saturated heterocycles. The highest BCUT2D eigenvalue weighted by Crippen LogP contribution is 2.37. The van der Waals surface area contributed by atoms with E-state index >= 15 is 0 Å². The molecule has 1 atom stereocenters. The van der Waals surface area contributed by atoms with Crippen LogP contribution in [-0.2, 0) is 0 Å². The fourth-order valence-electron chi connectivity index (χ4n) is 2.52. The van der Waals surface area contributed by atoms with Crippen molar-refractivity contribution in [2.45, 2.75) is 37.6 Å². The molecule has 14 heavy (non-hydrogen) atoms. The summed E-state index contributed by atoms with van der Waals surface area (Å²) in [6.07, 6.45) is 9.49. The molecule has 0 radical (unpaired) electrons. The normalized spacial score (nSPS) is 27.9. The summed E-state index contributed by atoms with van der Waals surface area (Å²) in [5, 5.41) is 3.41. The third kappa shape index (κ3) is 1.27. The van der Waals surface area contributed by atoms with Crippen molar-refractivity contribution in [3.8, 4) is 0 Å². The van der Waals surface area contributed by atoms with Crippen LogP contribution >= 0.6 is 0 Å². The molecular weight excluding hydrogens is 174 g/mol. The summed E-state index contributed by atoms with van der Waals surface area (Å²) >= 11 is 0. The van der Waals surface area contributed by atoms with E-state index < -0.39 is 0 Å². The third-order valence-corrected chi connectivity index (χ3v) is 3.65. The lowest BCUT2D eigenvalue weighted by Gasteiger charge is -2.28. The first-order chi connectivity index (χ1) is 6.95. The summed E-state index contributed by atoms with van der Waals surface area (Å²) in [6, 6.07) is 0.660. The number of hydrogen-bond acceptors (Lipinski definition) is 2. The van der Waals surface area contributed by atoms with E-state index in [0.29, 0.717) is 6.04 Å². The van der Waals surface area contributed by atoms with E-state index in [4.69, 9.17) is 0 Å². The first-order valence-corrected chi connectivity index (χ1v) is 5.67. The van der Waals surface area contributed by atoms with Crippen molar-refractivity contribution >= 4 is 0 Å². The average Bonchev–Trinajstić information content (AvgIpc) is 2.66. The molecule has 3 nitrogen and oxygen atoms in total. The molecule has 0 bridgehead atoms. The zero-order chi connectivity index (χ0) is 9.38. The second-order valence-electron chi connectivity index (χ2n) is 4.50. The van der Waals surface area contributed by atoms with Gasteiger partial charge in [-0.2, -0.15) is 0 Å². The van der Waals surface area contributed by atoms with Gasteiger partial charge < -0.3 is 9.88 Å². The molecular formula is C11H17N3. The maximum Gasteiger partial charge on any atom is 0.0951 e. The highest BCUT2D eigenvalue weighted by molar-refractivity contribution is 5.11. The maximum absolute atomic E-state index is 4.30. The van der Waals surface area contributed by atoms with Crippen LogP contribution in [0.1, 0.15) is 43.3 Å². The van der Waals surface area contributed by atoms with Gasteiger partial charge in [-0.15, -0.1) is 0 Å². The molecule has 0 amide bonds. The third-order valence-electron chi connectivity index (χ3n) is 3.65. The Hall–Kier alpha value is -0.830. The minimum absolute atomic E-state index is 0.660. The van der Waals surface area contributed by atoms with Gasteiger partial charge in [0.2, 0.25) is 0 Å². The Balaban J connectivity index is 1.85. The standard InChI is InChI=1S/C11H17N3/c1-2-9(3-1)11-7-13-8-14(11)10-4-5-12-6-10/h7-10,12H,1-6H2. The van der Waals surface area contributed by atoms with E-state index in [9.17, 15) is 0 Å². The lowest BCUT2D eigenvalue weighted by molar-refractivity contribution is 0.383. The van der Waals surface area contributed by atoms with Gasteiger partial charge in [-0.1, -0.05) is 6.42 Å². The maximum atomic E-state index is 4.30. The minimum Gasteiger partial charge on any atom is -0.330 e. The summed E-state index contributed by atoms with van der Waals surface area (Å²) in [5.74, 6) is 0.804. The second-order valence-corrected chi connectivity index (χ2v) is 4.50. The van der Waals surface area contributed by atoms with E-state index in [1.54, 1.807) is 0 Å². The van der Waals surface area contributed by atoms with Crippen LogP contribution in [0.15, 0.2) is 12.5 Å². The van der Waals surface area contributed by atoms with E-state index in [-0.39, 0.29) is 0 Å². The van der Waals surface area contributed by atoms with Crippen molar-refractivity contribution in [3.05, 3.63) is 18.2 Å². The minimum atomic E-state index is 0.660. The van der Waals surface area contributed by atoms with E-state index in [2.05, 4.69) is 21.1 Å². The molecule has 76 valence electrons. The summed E-state index contributed by atoms with van der Waals surface area (Å²) in [4.78, 5) is 4.30. The predicted molar refractivity (Wildman–Crippen MR) is 55.3 cm³/mol. The molecule has 3 heteroatoms. The lowest BCUT2D eigenvalue weighted by Crippen LogP contribution is -2.19. The first-order valence-electron chi connectivity index (χ1n) is 5.67. The van der Waals surface area contributed by atoms with Crippen LogP contribution in [0.5, 0.6) is 0 Å². The number of hydrogen-bond donors (Lipinski definition) is 1. The van der Waals surface area contributed by atoms with Gasteiger partial charge in [0.15, 0.2) is 0 Å². The summed E-state index contributed by atoms with van der Waals surface area (Å²) in [7, 11) is 0.